The highest BCUT2D eigenvalue weighted by molar-refractivity contribution is 7.91. The van der Waals surface area contributed by atoms with Crippen LogP contribution in [-0.2, 0) is 14.8 Å². The summed E-state index contributed by atoms with van der Waals surface area (Å²) < 4.78 is 25.8. The third kappa shape index (κ3) is 3.94. The number of hydrogen-bond acceptors (Lipinski definition) is 4. The van der Waals surface area contributed by atoms with E-state index in [1.54, 1.807) is 11.4 Å². The molecule has 2 aromatic rings. The van der Waals surface area contributed by atoms with Crippen molar-refractivity contribution in [1.82, 2.24) is 4.31 Å². The fourth-order valence-corrected chi connectivity index (χ4v) is 4.43. The number of aryl methyl sites for hydroxylation is 2. The first-order chi connectivity index (χ1) is 10.3. The highest BCUT2D eigenvalue weighted by Crippen LogP contribution is 2.20. The Labute approximate surface area is 134 Å². The van der Waals surface area contributed by atoms with Crippen LogP contribution in [0, 0.1) is 13.8 Å². The van der Waals surface area contributed by atoms with Gasteiger partial charge in [0, 0.05) is 12.7 Å². The van der Waals surface area contributed by atoms with E-state index in [1.165, 1.54) is 13.1 Å². The number of hydrogen-bond donors (Lipinski definition) is 1. The van der Waals surface area contributed by atoms with Gasteiger partial charge in [0.2, 0.25) is 5.91 Å². The van der Waals surface area contributed by atoms with Crippen LogP contribution in [0.1, 0.15) is 11.1 Å². The summed E-state index contributed by atoms with van der Waals surface area (Å²) in [4.78, 5) is 12.0. The minimum atomic E-state index is -3.61. The molecule has 0 saturated carbocycles. The number of nitrogens with one attached hydrogen (secondary N) is 1. The van der Waals surface area contributed by atoms with E-state index in [9.17, 15) is 13.2 Å². The van der Waals surface area contributed by atoms with Gasteiger partial charge in [0.15, 0.2) is 0 Å². The first-order valence-corrected chi connectivity index (χ1v) is 8.99. The van der Waals surface area contributed by atoms with Crippen LogP contribution >= 0.6 is 11.3 Å². The summed E-state index contributed by atoms with van der Waals surface area (Å²) in [5, 5.41) is 4.42. The van der Waals surface area contributed by atoms with E-state index in [1.807, 2.05) is 32.0 Å². The molecule has 7 heteroatoms. The van der Waals surface area contributed by atoms with E-state index >= 15 is 0 Å². The maximum atomic E-state index is 12.2. The van der Waals surface area contributed by atoms with E-state index < -0.39 is 10.0 Å². The second-order valence-corrected chi connectivity index (χ2v) is 8.34. The molecule has 1 aromatic carbocycles. The Bertz CT molecular complexity index is 748. The predicted molar refractivity (Wildman–Crippen MR) is 88.7 cm³/mol. The van der Waals surface area contributed by atoms with Crippen molar-refractivity contribution in [1.29, 1.82) is 0 Å². The predicted octanol–water partition coefficient (Wildman–Crippen LogP) is 2.62. The molecule has 0 fully saturated rings. The first kappa shape index (κ1) is 16.7. The summed E-state index contributed by atoms with van der Waals surface area (Å²) >= 11 is 1.13. The number of rotatable bonds is 5. The lowest BCUT2D eigenvalue weighted by Gasteiger charge is -2.16. The van der Waals surface area contributed by atoms with Crippen LogP contribution < -0.4 is 5.32 Å². The molecule has 0 aliphatic rings. The third-order valence-corrected chi connectivity index (χ3v) is 6.21. The van der Waals surface area contributed by atoms with Crippen LogP contribution in [0.4, 0.5) is 5.69 Å². The lowest BCUT2D eigenvalue weighted by atomic mass is 10.1. The molecule has 22 heavy (non-hydrogen) atoms. The molecule has 0 saturated heterocycles. The molecule has 0 bridgehead atoms. The minimum absolute atomic E-state index is 0.229. The number of thiophene rings is 1. The van der Waals surface area contributed by atoms with Gasteiger partial charge in [0.05, 0.1) is 6.54 Å². The van der Waals surface area contributed by atoms with E-state index in [-0.39, 0.29) is 16.7 Å². The van der Waals surface area contributed by atoms with Gasteiger partial charge in [-0.2, -0.15) is 4.31 Å². The first-order valence-electron chi connectivity index (χ1n) is 6.67. The van der Waals surface area contributed by atoms with E-state index in [0.29, 0.717) is 5.69 Å². The molecule has 0 aliphatic carbocycles. The Morgan fingerprint density at radius 1 is 1.23 bits per heavy atom. The lowest BCUT2D eigenvalue weighted by molar-refractivity contribution is -0.116. The standard InChI is InChI=1S/C15H18N2O3S2/c1-11-7-12(2)9-13(8-11)16-14(18)10-17(3)22(19,20)15-5-4-6-21-15/h4-9H,10H2,1-3H3,(H,16,18). The molecule has 1 amide bonds. The van der Waals surface area contributed by atoms with Crippen molar-refractivity contribution in [3.05, 3.63) is 46.8 Å². The molecule has 0 aliphatic heterocycles. The Morgan fingerprint density at radius 2 is 1.86 bits per heavy atom. The number of sulfonamides is 1. The molecule has 2 rings (SSSR count). The van der Waals surface area contributed by atoms with Gasteiger partial charge in [0.1, 0.15) is 4.21 Å². The largest absolute Gasteiger partial charge is 0.325 e. The van der Waals surface area contributed by atoms with Crippen molar-refractivity contribution < 1.29 is 13.2 Å². The maximum absolute atomic E-state index is 12.2. The van der Waals surface area contributed by atoms with E-state index in [2.05, 4.69) is 5.32 Å². The zero-order valence-corrected chi connectivity index (χ0v) is 14.3. The van der Waals surface area contributed by atoms with Crippen LogP contribution in [0.25, 0.3) is 0 Å². The van der Waals surface area contributed by atoms with E-state index in [0.717, 1.165) is 26.8 Å². The van der Waals surface area contributed by atoms with E-state index in [4.69, 9.17) is 0 Å². The smallest absolute Gasteiger partial charge is 0.252 e. The van der Waals surface area contributed by atoms with Gasteiger partial charge in [-0.05, 0) is 48.6 Å². The number of anilines is 1. The van der Waals surface area contributed by atoms with Crippen molar-refractivity contribution in [3.63, 3.8) is 0 Å². The number of carbonyl (C=O) groups excluding carboxylic acids is 1. The summed E-state index contributed by atoms with van der Waals surface area (Å²) in [5.74, 6) is -0.368. The lowest BCUT2D eigenvalue weighted by Crippen LogP contribution is -2.34. The van der Waals surface area contributed by atoms with Gasteiger partial charge < -0.3 is 5.32 Å². The molecule has 0 spiro atoms. The van der Waals surface area contributed by atoms with Gasteiger partial charge >= 0.3 is 0 Å². The molecule has 1 N–H and O–H groups in total. The van der Waals surface area contributed by atoms with Gasteiger partial charge in [-0.15, -0.1) is 11.3 Å². The zero-order chi connectivity index (χ0) is 16.3. The minimum Gasteiger partial charge on any atom is -0.325 e. The maximum Gasteiger partial charge on any atom is 0.252 e. The molecular formula is C15H18N2O3S2. The number of amides is 1. The summed E-state index contributed by atoms with van der Waals surface area (Å²) in [6, 6.07) is 8.89. The van der Waals surface area contributed by atoms with Crippen LogP contribution in [0.5, 0.6) is 0 Å². The molecule has 1 heterocycles. The Hall–Kier alpha value is -1.70. The monoisotopic (exact) mass is 338 g/mol. The molecule has 0 radical (unpaired) electrons. The van der Waals surface area contributed by atoms with Crippen LogP contribution in [0.3, 0.4) is 0 Å². The number of benzene rings is 1. The summed E-state index contributed by atoms with van der Waals surface area (Å²) in [6.07, 6.45) is 0. The van der Waals surface area contributed by atoms with Crippen molar-refractivity contribution in [2.75, 3.05) is 18.9 Å². The molecule has 118 valence electrons. The van der Waals surface area contributed by atoms with Crippen molar-refractivity contribution >= 4 is 33.0 Å². The molecule has 5 nitrogen and oxygen atoms in total. The molecule has 0 unspecified atom stereocenters. The second kappa shape index (κ2) is 6.60. The Balaban J connectivity index is 2.06. The van der Waals surface area contributed by atoms with Gasteiger partial charge in [-0.3, -0.25) is 4.79 Å². The third-order valence-electron chi connectivity index (χ3n) is 3.03. The van der Waals surface area contributed by atoms with Crippen molar-refractivity contribution in [3.8, 4) is 0 Å². The average molecular weight is 338 g/mol. The summed E-state index contributed by atoms with van der Waals surface area (Å²) in [5.41, 5.74) is 2.74. The Morgan fingerprint density at radius 3 is 2.41 bits per heavy atom. The van der Waals surface area contributed by atoms with Crippen molar-refractivity contribution in [2.45, 2.75) is 18.1 Å². The van der Waals surface area contributed by atoms with Gasteiger partial charge in [0.25, 0.3) is 10.0 Å². The fourth-order valence-electron chi connectivity index (χ4n) is 2.10. The highest BCUT2D eigenvalue weighted by atomic mass is 32.2. The fraction of sp³-hybridized carbons (Fsp3) is 0.267. The SMILES string of the molecule is Cc1cc(C)cc(NC(=O)CN(C)S(=O)(=O)c2cccs2)c1. The Kier molecular flexibility index (Phi) is 5.00. The van der Waals surface area contributed by atoms with Gasteiger partial charge in [-0.1, -0.05) is 12.1 Å². The summed E-state index contributed by atoms with van der Waals surface area (Å²) in [7, 11) is -2.21. The average Bonchev–Trinajstić information content (AvgIpc) is 2.91. The molecule has 0 atom stereocenters. The second-order valence-electron chi connectivity index (χ2n) is 5.12. The summed E-state index contributed by atoms with van der Waals surface area (Å²) in [6.45, 7) is 3.65. The van der Waals surface area contributed by atoms with Crippen molar-refractivity contribution in [2.24, 2.45) is 0 Å². The highest BCUT2D eigenvalue weighted by Gasteiger charge is 2.23. The molecular weight excluding hydrogens is 320 g/mol. The van der Waals surface area contributed by atoms with Gasteiger partial charge in [-0.25, -0.2) is 8.42 Å². The number of nitrogens with zero attached hydrogens (tertiary/aromatic N) is 1. The van der Waals surface area contributed by atoms with Crippen LogP contribution in [0.2, 0.25) is 0 Å². The van der Waals surface area contributed by atoms with Crippen LogP contribution in [0.15, 0.2) is 39.9 Å². The number of carbonyl (C=O) groups is 1. The number of likely N-dealkylation sites (N-methyl/N-ethyl adjacent to an activating group) is 1. The molecule has 1 aromatic heterocycles. The quantitative estimate of drug-likeness (QED) is 0.911. The van der Waals surface area contributed by atoms with Crippen LogP contribution in [-0.4, -0.2) is 32.2 Å². The normalized spacial score (nSPS) is 11.6. The topological polar surface area (TPSA) is 66.5 Å². The zero-order valence-electron chi connectivity index (χ0n) is 12.7.